The second-order valence-electron chi connectivity index (χ2n) is 2.87. The summed E-state index contributed by atoms with van der Waals surface area (Å²) < 4.78 is 0. The van der Waals surface area contributed by atoms with Crippen molar-refractivity contribution in [2.45, 2.75) is 6.92 Å². The third-order valence-electron chi connectivity index (χ3n) is 1.66. The summed E-state index contributed by atoms with van der Waals surface area (Å²) in [5, 5.41) is 10.0. The fourth-order valence-corrected chi connectivity index (χ4v) is 1.13. The molecule has 0 aliphatic heterocycles. The Morgan fingerprint density at radius 3 is 1.40 bits per heavy atom. The van der Waals surface area contributed by atoms with E-state index >= 15 is 0 Å². The van der Waals surface area contributed by atoms with E-state index in [2.05, 4.69) is 48.5 Å². The van der Waals surface area contributed by atoms with Crippen LogP contribution in [-0.4, -0.2) is 48.8 Å². The van der Waals surface area contributed by atoms with Gasteiger partial charge in [0.2, 0.25) is 0 Å². The molecule has 0 bridgehead atoms. The predicted octanol–water partition coefficient (Wildman–Crippen LogP) is 2.77. The number of hydrogen-bond acceptors (Lipinski definition) is 1. The molecule has 2 nitrogen and oxygen atoms in total. The van der Waals surface area contributed by atoms with Crippen LogP contribution in [0.2, 0.25) is 0 Å². The summed E-state index contributed by atoms with van der Waals surface area (Å²) in [4.78, 5) is 9.00. The maximum atomic E-state index is 9.00. The molecule has 0 aromatic heterocycles. The smallest absolute Gasteiger partial charge is 1.00 e. The van der Waals surface area contributed by atoms with Gasteiger partial charge < -0.3 is 7.96 Å². The second kappa shape index (κ2) is 7.69. The molecule has 0 amide bonds. The zero-order chi connectivity index (χ0) is 10.4. The van der Waals surface area contributed by atoms with Gasteiger partial charge >= 0.3 is 37.7 Å². The molecule has 15 heavy (non-hydrogen) atoms. The number of hydrogen-bond donors (Lipinski definition) is 1. The summed E-state index contributed by atoms with van der Waals surface area (Å²) in [7, 11) is 0. The molecule has 2 aromatic carbocycles. The Balaban J connectivity index is -0.000000252. The second-order valence-corrected chi connectivity index (χ2v) is 2.87. The van der Waals surface area contributed by atoms with Crippen LogP contribution in [0, 0.1) is 0 Å². The maximum Gasteiger partial charge on any atom is 2.00 e. The Kier molecular flexibility index (Phi) is 7.39. The Hall–Kier alpha value is -0.570. The molecule has 0 saturated heterocycles. The van der Waals surface area contributed by atoms with E-state index in [1.54, 1.807) is 0 Å². The zero-order valence-electron chi connectivity index (χ0n) is 10.7. The van der Waals surface area contributed by atoms with Crippen molar-refractivity contribution < 1.29 is 12.8 Å². The Bertz CT molecular complexity index is 366. The first-order chi connectivity index (χ1) is 6.70. The van der Waals surface area contributed by atoms with Gasteiger partial charge in [0.15, 0.2) is 0 Å². The molecule has 0 fully saturated rings. The minimum atomic E-state index is -0.833. The van der Waals surface area contributed by atoms with Gasteiger partial charge in [-0.1, -0.05) is 48.5 Å². The molecule has 0 heterocycles. The SMILES string of the molecule is CC(=O)O.[Ca+2].[H-].[H-].c1ccc2ccccc2c1. The average molecular weight is 230 g/mol. The molecule has 0 unspecified atom stereocenters. The summed E-state index contributed by atoms with van der Waals surface area (Å²) in [6, 6.07) is 16.7. The van der Waals surface area contributed by atoms with E-state index in [9.17, 15) is 0 Å². The molecule has 2 rings (SSSR count). The number of carbonyl (C=O) groups is 1. The fourth-order valence-electron chi connectivity index (χ4n) is 1.13. The van der Waals surface area contributed by atoms with Crippen molar-refractivity contribution in [2.75, 3.05) is 0 Å². The first kappa shape index (κ1) is 14.4. The molecule has 76 valence electrons. The number of fused-ring (bicyclic) bond motifs is 1. The van der Waals surface area contributed by atoms with Crippen molar-refractivity contribution in [3.8, 4) is 0 Å². The number of carboxylic acids is 1. The summed E-state index contributed by atoms with van der Waals surface area (Å²) in [6.45, 7) is 1.08. The normalized spacial score (nSPS) is 8.33. The minimum Gasteiger partial charge on any atom is -1.00 e. The topological polar surface area (TPSA) is 37.3 Å². The van der Waals surface area contributed by atoms with Crippen LogP contribution in [0.5, 0.6) is 0 Å². The first-order valence-corrected chi connectivity index (χ1v) is 4.33. The third-order valence-corrected chi connectivity index (χ3v) is 1.66. The van der Waals surface area contributed by atoms with Crippen molar-refractivity contribution in [3.05, 3.63) is 48.5 Å². The molecular weight excluding hydrogens is 216 g/mol. The Labute approximate surface area is 122 Å². The number of rotatable bonds is 0. The molecule has 0 aliphatic rings. The number of carboxylic acid groups (broad SMARTS) is 1. The first-order valence-electron chi connectivity index (χ1n) is 4.33. The van der Waals surface area contributed by atoms with Crippen LogP contribution in [0.4, 0.5) is 0 Å². The number of aliphatic carboxylic acids is 1. The van der Waals surface area contributed by atoms with E-state index in [-0.39, 0.29) is 40.6 Å². The summed E-state index contributed by atoms with van der Waals surface area (Å²) in [6.07, 6.45) is 0. The van der Waals surface area contributed by atoms with Crippen molar-refractivity contribution in [2.24, 2.45) is 0 Å². The molecule has 2 aromatic rings. The van der Waals surface area contributed by atoms with E-state index in [0.29, 0.717) is 0 Å². The third kappa shape index (κ3) is 5.78. The van der Waals surface area contributed by atoms with Gasteiger partial charge in [0, 0.05) is 6.92 Å². The van der Waals surface area contributed by atoms with Gasteiger partial charge in [-0.15, -0.1) is 0 Å². The molecule has 0 atom stereocenters. The average Bonchev–Trinajstić information content (AvgIpc) is 2.17. The van der Waals surface area contributed by atoms with E-state index < -0.39 is 5.97 Å². The quantitative estimate of drug-likeness (QED) is 0.707. The fraction of sp³-hybridized carbons (Fsp3) is 0.0833. The molecule has 3 heteroatoms. The van der Waals surface area contributed by atoms with Gasteiger partial charge in [-0.25, -0.2) is 0 Å². The Morgan fingerprint density at radius 2 is 1.20 bits per heavy atom. The van der Waals surface area contributed by atoms with E-state index in [4.69, 9.17) is 9.90 Å². The molecule has 1 N–H and O–H groups in total. The molecule has 0 radical (unpaired) electrons. The maximum absolute atomic E-state index is 9.00. The molecule has 0 spiro atoms. The van der Waals surface area contributed by atoms with Crippen molar-refractivity contribution in [1.82, 2.24) is 0 Å². The zero-order valence-corrected chi connectivity index (χ0v) is 10.9. The van der Waals surface area contributed by atoms with Crippen LogP contribution in [0.3, 0.4) is 0 Å². The van der Waals surface area contributed by atoms with Gasteiger partial charge in [0.25, 0.3) is 5.97 Å². The Morgan fingerprint density at radius 1 is 1.00 bits per heavy atom. The minimum absolute atomic E-state index is 0. The van der Waals surface area contributed by atoms with Crippen molar-refractivity contribution >= 4 is 54.5 Å². The van der Waals surface area contributed by atoms with E-state index in [1.807, 2.05) is 0 Å². The predicted molar refractivity (Wildman–Crippen MR) is 65.2 cm³/mol. The number of benzene rings is 2. The van der Waals surface area contributed by atoms with Gasteiger partial charge in [0.1, 0.15) is 0 Å². The molecular formula is C12H14CaO2. The van der Waals surface area contributed by atoms with E-state index in [1.165, 1.54) is 10.8 Å². The van der Waals surface area contributed by atoms with Crippen LogP contribution < -0.4 is 0 Å². The van der Waals surface area contributed by atoms with Gasteiger partial charge in [-0.2, -0.15) is 0 Å². The summed E-state index contributed by atoms with van der Waals surface area (Å²) in [5.74, 6) is -0.833. The van der Waals surface area contributed by atoms with Crippen LogP contribution in [0.25, 0.3) is 10.8 Å². The standard InChI is InChI=1S/C10H8.C2H4O2.Ca.2H/c1-2-6-10-8-4-3-7-9(10)5-1;1-2(3)4;;;/h1-8H;1H3,(H,3,4);;;/q;;+2;2*-1. The largest absolute Gasteiger partial charge is 2.00 e. The summed E-state index contributed by atoms with van der Waals surface area (Å²) in [5.41, 5.74) is 0. The summed E-state index contributed by atoms with van der Waals surface area (Å²) >= 11 is 0. The monoisotopic (exact) mass is 230 g/mol. The molecule has 0 aliphatic carbocycles. The van der Waals surface area contributed by atoms with Crippen molar-refractivity contribution in [3.63, 3.8) is 0 Å². The van der Waals surface area contributed by atoms with E-state index in [0.717, 1.165) is 6.92 Å². The van der Waals surface area contributed by atoms with Crippen molar-refractivity contribution in [1.29, 1.82) is 0 Å². The van der Waals surface area contributed by atoms with Crippen LogP contribution in [0.15, 0.2) is 48.5 Å². The van der Waals surface area contributed by atoms with Crippen LogP contribution >= 0.6 is 0 Å². The van der Waals surface area contributed by atoms with Crippen LogP contribution in [-0.2, 0) is 4.79 Å². The van der Waals surface area contributed by atoms with Gasteiger partial charge in [-0.3, -0.25) is 4.79 Å². The van der Waals surface area contributed by atoms with Crippen LogP contribution in [0.1, 0.15) is 9.78 Å². The van der Waals surface area contributed by atoms with Gasteiger partial charge in [-0.05, 0) is 10.8 Å². The molecule has 0 saturated carbocycles. The van der Waals surface area contributed by atoms with Gasteiger partial charge in [0.05, 0.1) is 0 Å².